The van der Waals surface area contributed by atoms with E-state index in [1.807, 2.05) is 0 Å². The summed E-state index contributed by atoms with van der Waals surface area (Å²) in [7, 11) is 2.53. The number of alkyl halides is 5. The van der Waals surface area contributed by atoms with Crippen LogP contribution in [0.5, 0.6) is 0 Å². The van der Waals surface area contributed by atoms with E-state index in [-0.39, 0.29) is 11.4 Å². The fraction of sp³-hybridized carbons (Fsp3) is 0.417. The molecule has 0 amide bonds. The average Bonchev–Trinajstić information content (AvgIpc) is 2.91. The molecule has 0 aliphatic carbocycles. The number of rotatable bonds is 3. The maximum atomic E-state index is 13.9. The van der Waals surface area contributed by atoms with Gasteiger partial charge >= 0.3 is 12.1 Å². The molecule has 2 heterocycles. The molecule has 4 nitrogen and oxygen atoms in total. The maximum Gasteiger partial charge on any atom is 0.455 e. The third-order valence-electron chi connectivity index (χ3n) is 3.42. The Morgan fingerprint density at radius 3 is 2.27 bits per heavy atom. The minimum Gasteiger partial charge on any atom is -0.292 e. The molecular weight excluding hydrogens is 375 g/mol. The SMILES string of the molecule is C=CC1=C(n2cc(Br)cn2)N(C)N(C)C1C(F)(F)C(F)(F)F. The van der Waals surface area contributed by atoms with Gasteiger partial charge in [0.15, 0.2) is 0 Å². The summed E-state index contributed by atoms with van der Waals surface area (Å²) in [5.41, 5.74) is -0.261. The van der Waals surface area contributed by atoms with Crippen molar-refractivity contribution in [3.63, 3.8) is 0 Å². The van der Waals surface area contributed by atoms with Crippen LogP contribution < -0.4 is 0 Å². The lowest BCUT2D eigenvalue weighted by atomic mass is 10.0. The Labute approximate surface area is 131 Å². The Kier molecular flexibility index (Phi) is 4.11. The minimum atomic E-state index is -5.68. The van der Waals surface area contributed by atoms with Gasteiger partial charge in [-0.05, 0) is 15.9 Å². The topological polar surface area (TPSA) is 24.3 Å². The molecule has 0 bridgehead atoms. The van der Waals surface area contributed by atoms with Crippen LogP contribution in [-0.2, 0) is 0 Å². The highest BCUT2D eigenvalue weighted by molar-refractivity contribution is 9.10. The normalized spacial score (nSPS) is 20.9. The third-order valence-corrected chi connectivity index (χ3v) is 3.83. The van der Waals surface area contributed by atoms with E-state index in [1.165, 1.54) is 29.1 Å². The lowest BCUT2D eigenvalue weighted by molar-refractivity contribution is -0.302. The largest absolute Gasteiger partial charge is 0.455 e. The van der Waals surface area contributed by atoms with Crippen molar-refractivity contribution in [2.45, 2.75) is 18.1 Å². The van der Waals surface area contributed by atoms with Gasteiger partial charge in [0.2, 0.25) is 0 Å². The van der Waals surface area contributed by atoms with E-state index in [1.54, 1.807) is 0 Å². The van der Waals surface area contributed by atoms with Crippen LogP contribution in [0.1, 0.15) is 0 Å². The van der Waals surface area contributed by atoms with E-state index in [4.69, 9.17) is 0 Å². The maximum absolute atomic E-state index is 13.9. The first-order valence-corrected chi connectivity index (χ1v) is 6.79. The van der Waals surface area contributed by atoms with Gasteiger partial charge in [0.25, 0.3) is 0 Å². The molecule has 0 fully saturated rings. The Balaban J connectivity index is 2.61. The molecule has 0 saturated carbocycles. The van der Waals surface area contributed by atoms with Gasteiger partial charge in [0.1, 0.15) is 11.9 Å². The molecule has 1 atom stereocenters. The second kappa shape index (κ2) is 5.34. The molecule has 1 aromatic rings. The zero-order chi connectivity index (χ0) is 16.9. The predicted octanol–water partition coefficient (Wildman–Crippen LogP) is 3.36. The highest BCUT2D eigenvalue weighted by atomic mass is 79.9. The molecule has 22 heavy (non-hydrogen) atoms. The Bertz CT molecular complexity index is 621. The lowest BCUT2D eigenvalue weighted by Gasteiger charge is -2.34. The Morgan fingerprint density at radius 2 is 1.86 bits per heavy atom. The van der Waals surface area contributed by atoms with E-state index in [9.17, 15) is 22.0 Å². The van der Waals surface area contributed by atoms with Crippen LogP contribution in [0, 0.1) is 0 Å². The van der Waals surface area contributed by atoms with Crippen LogP contribution in [0.3, 0.4) is 0 Å². The fourth-order valence-electron chi connectivity index (χ4n) is 2.32. The van der Waals surface area contributed by atoms with E-state index in [0.29, 0.717) is 4.47 Å². The molecule has 0 radical (unpaired) electrons. The Hall–Kier alpha value is -1.42. The van der Waals surface area contributed by atoms with Gasteiger partial charge in [0.05, 0.1) is 10.7 Å². The van der Waals surface area contributed by atoms with Gasteiger partial charge in [-0.2, -0.15) is 27.1 Å². The standard InChI is InChI=1S/C12H12BrF5N4/c1-4-8-9(11(14,15)12(16,17)18)20(2)21(3)10(8)22-6-7(13)5-19-22/h4-6,9H,1H2,2-3H3. The highest BCUT2D eigenvalue weighted by Crippen LogP contribution is 2.46. The second-order valence-corrected chi connectivity index (χ2v) is 5.62. The molecule has 0 aromatic carbocycles. The van der Waals surface area contributed by atoms with Crippen molar-refractivity contribution in [3.8, 4) is 0 Å². The van der Waals surface area contributed by atoms with Crippen LogP contribution in [0.15, 0.2) is 35.1 Å². The Morgan fingerprint density at radius 1 is 1.27 bits per heavy atom. The van der Waals surface area contributed by atoms with Gasteiger partial charge in [0, 0.05) is 25.9 Å². The van der Waals surface area contributed by atoms with Gasteiger partial charge in [-0.1, -0.05) is 12.7 Å². The van der Waals surface area contributed by atoms with Crippen molar-refractivity contribution in [3.05, 3.63) is 35.1 Å². The number of likely N-dealkylation sites (N-methyl/N-ethyl adjacent to an activating group) is 1. The number of hydrogen-bond acceptors (Lipinski definition) is 3. The zero-order valence-corrected chi connectivity index (χ0v) is 13.2. The molecule has 1 aliphatic rings. The van der Waals surface area contributed by atoms with Crippen molar-refractivity contribution >= 4 is 21.8 Å². The highest BCUT2D eigenvalue weighted by Gasteiger charge is 2.66. The van der Waals surface area contributed by atoms with E-state index in [2.05, 4.69) is 27.6 Å². The number of hydrazine groups is 1. The number of hydrogen-bond donors (Lipinski definition) is 0. The summed E-state index contributed by atoms with van der Waals surface area (Å²) in [6.07, 6.45) is -1.83. The first kappa shape index (κ1) is 16.9. The van der Waals surface area contributed by atoms with Crippen LogP contribution in [0.4, 0.5) is 22.0 Å². The predicted molar refractivity (Wildman–Crippen MR) is 73.7 cm³/mol. The summed E-state index contributed by atoms with van der Waals surface area (Å²) in [5.74, 6) is -4.86. The quantitative estimate of drug-likeness (QED) is 0.744. The van der Waals surface area contributed by atoms with E-state index >= 15 is 0 Å². The van der Waals surface area contributed by atoms with Crippen molar-refractivity contribution < 1.29 is 22.0 Å². The first-order chi connectivity index (χ1) is 10.0. The lowest BCUT2D eigenvalue weighted by Crippen LogP contribution is -2.55. The van der Waals surface area contributed by atoms with Crippen molar-refractivity contribution in [2.24, 2.45) is 0 Å². The molecule has 1 aromatic heterocycles. The smallest absolute Gasteiger partial charge is 0.292 e. The molecule has 1 aliphatic heterocycles. The summed E-state index contributed by atoms with van der Waals surface area (Å²) in [6, 6.07) is -2.21. The molecule has 0 spiro atoms. The summed E-state index contributed by atoms with van der Waals surface area (Å²) < 4.78 is 67.8. The molecular formula is C12H12BrF5N4. The van der Waals surface area contributed by atoms with E-state index < -0.39 is 18.1 Å². The minimum absolute atomic E-state index is 0.0807. The average molecular weight is 387 g/mol. The summed E-state index contributed by atoms with van der Waals surface area (Å²) in [4.78, 5) is 0. The van der Waals surface area contributed by atoms with Crippen LogP contribution in [-0.4, -0.2) is 52.0 Å². The second-order valence-electron chi connectivity index (χ2n) is 4.71. The van der Waals surface area contributed by atoms with Crippen molar-refractivity contribution in [1.29, 1.82) is 0 Å². The fourth-order valence-corrected chi connectivity index (χ4v) is 2.60. The van der Waals surface area contributed by atoms with Crippen molar-refractivity contribution in [1.82, 2.24) is 19.8 Å². The summed E-state index contributed by atoms with van der Waals surface area (Å²) >= 11 is 3.15. The number of nitrogens with zero attached hydrogens (tertiary/aromatic N) is 4. The number of halogens is 6. The monoisotopic (exact) mass is 386 g/mol. The van der Waals surface area contributed by atoms with Gasteiger partial charge in [-0.15, -0.1) is 0 Å². The van der Waals surface area contributed by atoms with Crippen LogP contribution in [0.2, 0.25) is 0 Å². The van der Waals surface area contributed by atoms with E-state index in [0.717, 1.165) is 18.1 Å². The molecule has 1 unspecified atom stereocenters. The van der Waals surface area contributed by atoms with Crippen molar-refractivity contribution in [2.75, 3.05) is 14.1 Å². The zero-order valence-electron chi connectivity index (χ0n) is 11.6. The van der Waals surface area contributed by atoms with Gasteiger partial charge in [-0.25, -0.2) is 9.69 Å². The number of aromatic nitrogens is 2. The van der Waals surface area contributed by atoms with Gasteiger partial charge < -0.3 is 0 Å². The van der Waals surface area contributed by atoms with Crippen LogP contribution >= 0.6 is 15.9 Å². The molecule has 0 saturated heterocycles. The van der Waals surface area contributed by atoms with Gasteiger partial charge in [-0.3, -0.25) is 5.01 Å². The molecule has 0 N–H and O–H groups in total. The summed E-state index contributed by atoms with van der Waals surface area (Å²) in [6.45, 7) is 3.38. The molecule has 2 rings (SSSR count). The summed E-state index contributed by atoms with van der Waals surface area (Å²) in [5, 5.41) is 5.93. The third kappa shape index (κ3) is 2.43. The first-order valence-electron chi connectivity index (χ1n) is 6.00. The van der Waals surface area contributed by atoms with Crippen LogP contribution in [0.25, 0.3) is 5.82 Å². The molecule has 122 valence electrons. The molecule has 10 heteroatoms.